The van der Waals surface area contributed by atoms with Gasteiger partial charge in [-0.25, -0.2) is 8.78 Å². The van der Waals surface area contributed by atoms with Crippen LogP contribution in [0, 0.1) is 11.6 Å². The van der Waals surface area contributed by atoms with Crippen LogP contribution < -0.4 is 0 Å². The van der Waals surface area contributed by atoms with E-state index in [1.807, 2.05) is 0 Å². The molecule has 0 N–H and O–H groups in total. The molecule has 5 aromatic rings. The van der Waals surface area contributed by atoms with E-state index in [1.165, 1.54) is 33.4 Å². The van der Waals surface area contributed by atoms with Gasteiger partial charge in [0.25, 0.3) is 0 Å². The van der Waals surface area contributed by atoms with E-state index in [9.17, 15) is 8.78 Å². The van der Waals surface area contributed by atoms with Crippen LogP contribution in [-0.4, -0.2) is 0 Å². The van der Waals surface area contributed by atoms with Crippen LogP contribution in [0.4, 0.5) is 8.78 Å². The average Bonchev–Trinajstić information content (AvgIpc) is 3.31. The molecule has 118 valence electrons. The van der Waals surface area contributed by atoms with Crippen molar-refractivity contribution in [2.45, 2.75) is 0 Å². The zero-order chi connectivity index (χ0) is 16.3. The van der Waals surface area contributed by atoms with Crippen molar-refractivity contribution in [3.05, 3.63) is 57.4 Å². The van der Waals surface area contributed by atoms with Gasteiger partial charge in [0.2, 0.25) is 0 Å². The van der Waals surface area contributed by atoms with Crippen LogP contribution in [0.3, 0.4) is 0 Å². The van der Waals surface area contributed by atoms with Gasteiger partial charge in [-0.2, -0.15) is 0 Å². The molecule has 5 rings (SSSR count). The van der Waals surface area contributed by atoms with Crippen molar-refractivity contribution in [1.82, 2.24) is 0 Å². The zero-order valence-corrected chi connectivity index (χ0v) is 15.3. The molecule has 24 heavy (non-hydrogen) atoms. The largest absolute Gasteiger partial charge is 0.206 e. The van der Waals surface area contributed by atoms with Crippen molar-refractivity contribution < 1.29 is 8.78 Å². The van der Waals surface area contributed by atoms with E-state index in [4.69, 9.17) is 0 Å². The highest BCUT2D eigenvalue weighted by Gasteiger charge is 2.20. The van der Waals surface area contributed by atoms with E-state index in [0.29, 0.717) is 0 Å². The minimum absolute atomic E-state index is 0.201. The molecule has 0 aliphatic rings. The molecule has 4 aromatic heterocycles. The van der Waals surface area contributed by atoms with Gasteiger partial charge in [0, 0.05) is 51.8 Å². The Labute approximate surface area is 152 Å². The fraction of sp³-hybridized carbons (Fsp3) is 0. The Morgan fingerprint density at radius 2 is 1.08 bits per heavy atom. The second-order valence-electron chi connectivity index (χ2n) is 5.34. The molecule has 0 spiro atoms. The summed E-state index contributed by atoms with van der Waals surface area (Å²) in [7, 11) is 0. The molecule has 0 nitrogen and oxygen atoms in total. The van der Waals surface area contributed by atoms with E-state index in [-0.39, 0.29) is 11.6 Å². The highest BCUT2D eigenvalue weighted by atomic mass is 32.1. The summed E-state index contributed by atoms with van der Waals surface area (Å²) in [5.41, 5.74) is 2.18. The lowest BCUT2D eigenvalue weighted by atomic mass is 10.0. The molecule has 1 aromatic carbocycles. The topological polar surface area (TPSA) is 0 Å². The van der Waals surface area contributed by atoms with Gasteiger partial charge in [0.1, 0.15) is 11.6 Å². The SMILES string of the molecule is Fc1csc(-c2c3ccsc3c(-c3cc(F)cs3)c3ccsc23)c1. The van der Waals surface area contributed by atoms with Crippen LogP contribution in [0.1, 0.15) is 0 Å². The molecule has 6 heteroatoms. The summed E-state index contributed by atoms with van der Waals surface area (Å²) in [5.74, 6) is -0.403. The fourth-order valence-corrected chi connectivity index (χ4v) is 6.74. The number of halogens is 2. The van der Waals surface area contributed by atoms with Gasteiger partial charge < -0.3 is 0 Å². The number of fused-ring (bicyclic) bond motifs is 2. The highest BCUT2D eigenvalue weighted by Crippen LogP contribution is 2.49. The quantitative estimate of drug-likeness (QED) is 0.288. The molecule has 0 aliphatic carbocycles. The molecule has 0 saturated heterocycles. The van der Waals surface area contributed by atoms with Gasteiger partial charge in [-0.15, -0.1) is 45.3 Å². The normalized spacial score (nSPS) is 11.8. The average molecular weight is 391 g/mol. The third-order valence-corrected chi connectivity index (χ3v) is 7.65. The summed E-state index contributed by atoms with van der Waals surface area (Å²) in [6.07, 6.45) is 0. The Bertz CT molecular complexity index is 1050. The molecule has 0 amide bonds. The molecule has 0 bridgehead atoms. The maximum absolute atomic E-state index is 13.6. The standard InChI is InChI=1S/C18H8F2S4/c19-9-5-13(23-7-9)15-11-1-3-21-17(11)16(12-2-4-22-18(12)15)14-6-10(20)8-24-14/h1-8H. The molecule has 0 aliphatic heterocycles. The molecule has 0 fully saturated rings. The van der Waals surface area contributed by atoms with Crippen LogP contribution in [0.25, 0.3) is 41.1 Å². The van der Waals surface area contributed by atoms with E-state index in [2.05, 4.69) is 22.9 Å². The van der Waals surface area contributed by atoms with Gasteiger partial charge in [0.15, 0.2) is 0 Å². The molecular formula is C18H8F2S4. The Balaban J connectivity index is 1.96. The van der Waals surface area contributed by atoms with Gasteiger partial charge in [-0.1, -0.05) is 0 Å². The first-order valence-corrected chi connectivity index (χ1v) is 10.6. The summed E-state index contributed by atoms with van der Waals surface area (Å²) in [6.45, 7) is 0. The van der Waals surface area contributed by atoms with E-state index >= 15 is 0 Å². The number of rotatable bonds is 2. The molecular weight excluding hydrogens is 382 g/mol. The van der Waals surface area contributed by atoms with Crippen LogP contribution >= 0.6 is 45.3 Å². The first-order valence-electron chi connectivity index (χ1n) is 7.11. The summed E-state index contributed by atoms with van der Waals surface area (Å²) in [6, 6.07) is 7.36. The summed E-state index contributed by atoms with van der Waals surface area (Å²) < 4.78 is 29.4. The van der Waals surface area contributed by atoms with E-state index in [1.54, 1.807) is 34.8 Å². The maximum atomic E-state index is 13.6. The van der Waals surface area contributed by atoms with Gasteiger partial charge in [0.05, 0.1) is 0 Å². The molecule has 4 heterocycles. The van der Waals surface area contributed by atoms with Crippen molar-refractivity contribution >= 4 is 65.5 Å². The fourth-order valence-electron chi connectivity index (χ4n) is 3.02. The first-order chi connectivity index (χ1) is 11.7. The second-order valence-corrected chi connectivity index (χ2v) is 8.99. The van der Waals surface area contributed by atoms with Crippen molar-refractivity contribution in [1.29, 1.82) is 0 Å². The number of benzene rings is 1. The Morgan fingerprint density at radius 3 is 1.46 bits per heavy atom. The molecule has 0 unspecified atom stereocenters. The third kappa shape index (κ3) is 2.10. The summed E-state index contributed by atoms with van der Waals surface area (Å²) in [5, 5.41) is 9.40. The van der Waals surface area contributed by atoms with Crippen molar-refractivity contribution in [2.75, 3.05) is 0 Å². The van der Waals surface area contributed by atoms with Crippen LogP contribution in [0.15, 0.2) is 45.8 Å². The minimum atomic E-state index is -0.201. The first kappa shape index (κ1) is 14.7. The van der Waals surface area contributed by atoms with Crippen molar-refractivity contribution in [3.63, 3.8) is 0 Å². The molecule has 0 radical (unpaired) electrons. The van der Waals surface area contributed by atoms with Crippen LogP contribution in [-0.2, 0) is 0 Å². The number of hydrogen-bond donors (Lipinski definition) is 0. The predicted octanol–water partition coefficient (Wildman–Crippen LogP) is 7.85. The number of hydrogen-bond acceptors (Lipinski definition) is 4. The monoisotopic (exact) mass is 390 g/mol. The Hall–Kier alpha value is -1.60. The van der Waals surface area contributed by atoms with E-state index in [0.717, 1.165) is 41.1 Å². The smallest absolute Gasteiger partial charge is 0.134 e. The lowest BCUT2D eigenvalue weighted by Gasteiger charge is -2.09. The lowest BCUT2D eigenvalue weighted by Crippen LogP contribution is -1.81. The Kier molecular flexibility index (Phi) is 3.35. The highest BCUT2D eigenvalue weighted by molar-refractivity contribution is 7.22. The van der Waals surface area contributed by atoms with Crippen molar-refractivity contribution in [2.24, 2.45) is 0 Å². The van der Waals surface area contributed by atoms with Gasteiger partial charge in [-0.05, 0) is 35.0 Å². The van der Waals surface area contributed by atoms with Gasteiger partial charge in [-0.3, -0.25) is 0 Å². The zero-order valence-electron chi connectivity index (χ0n) is 12.0. The Morgan fingerprint density at radius 1 is 0.625 bits per heavy atom. The minimum Gasteiger partial charge on any atom is -0.206 e. The van der Waals surface area contributed by atoms with Crippen LogP contribution in [0.2, 0.25) is 0 Å². The maximum Gasteiger partial charge on any atom is 0.134 e. The van der Waals surface area contributed by atoms with Crippen molar-refractivity contribution in [3.8, 4) is 20.9 Å². The molecule has 0 atom stereocenters. The number of thiophene rings is 4. The van der Waals surface area contributed by atoms with Gasteiger partial charge >= 0.3 is 0 Å². The molecule has 0 saturated carbocycles. The summed E-state index contributed by atoms with van der Waals surface area (Å²) in [4.78, 5) is 1.87. The lowest BCUT2D eigenvalue weighted by molar-refractivity contribution is 0.633. The predicted molar refractivity (Wildman–Crippen MR) is 104 cm³/mol. The third-order valence-electron chi connectivity index (χ3n) is 3.95. The second kappa shape index (κ2) is 5.46. The van der Waals surface area contributed by atoms with Crippen LogP contribution in [0.5, 0.6) is 0 Å². The van der Waals surface area contributed by atoms with E-state index < -0.39 is 0 Å². The summed E-state index contributed by atoms with van der Waals surface area (Å²) >= 11 is 6.15.